The molecule has 0 radical (unpaired) electrons. The van der Waals surface area contributed by atoms with E-state index in [1.54, 1.807) is 4.68 Å². The van der Waals surface area contributed by atoms with Crippen molar-refractivity contribution in [3.8, 4) is 17.0 Å². The van der Waals surface area contributed by atoms with Gasteiger partial charge in [0, 0.05) is 17.7 Å². The van der Waals surface area contributed by atoms with Gasteiger partial charge in [-0.15, -0.1) is 0 Å². The van der Waals surface area contributed by atoms with E-state index in [-0.39, 0.29) is 12.5 Å². The Morgan fingerprint density at radius 3 is 2.96 bits per heavy atom. The van der Waals surface area contributed by atoms with Gasteiger partial charge in [0.15, 0.2) is 0 Å². The van der Waals surface area contributed by atoms with Crippen LogP contribution in [0.15, 0.2) is 24.4 Å². The van der Waals surface area contributed by atoms with Gasteiger partial charge in [0.1, 0.15) is 18.9 Å². The van der Waals surface area contributed by atoms with Crippen molar-refractivity contribution in [2.75, 3.05) is 26.2 Å². The predicted octanol–water partition coefficient (Wildman–Crippen LogP) is 2.99. The highest BCUT2D eigenvalue weighted by molar-refractivity contribution is 5.78. The first-order valence-corrected chi connectivity index (χ1v) is 10.4. The van der Waals surface area contributed by atoms with Crippen molar-refractivity contribution >= 4 is 5.91 Å². The number of likely N-dealkylation sites (tertiary alicyclic amines) is 1. The number of hydrogen-bond acceptors (Lipinski definition) is 4. The van der Waals surface area contributed by atoms with Crippen molar-refractivity contribution < 1.29 is 9.53 Å². The van der Waals surface area contributed by atoms with E-state index in [1.807, 2.05) is 18.3 Å². The minimum Gasteiger partial charge on any atom is -0.488 e. The Morgan fingerprint density at radius 1 is 1.32 bits per heavy atom. The Balaban J connectivity index is 1.31. The van der Waals surface area contributed by atoms with E-state index in [0.717, 1.165) is 41.5 Å². The van der Waals surface area contributed by atoms with Crippen LogP contribution in [0.1, 0.15) is 37.3 Å². The normalized spacial score (nSPS) is 16.9. The van der Waals surface area contributed by atoms with E-state index < -0.39 is 0 Å². The van der Waals surface area contributed by atoms with Crippen LogP contribution in [0.25, 0.3) is 11.3 Å². The van der Waals surface area contributed by atoms with Crippen LogP contribution in [0, 0.1) is 12.8 Å². The molecule has 6 nitrogen and oxygen atoms in total. The molecular weight excluding hydrogens is 352 g/mol. The number of nitrogens with zero attached hydrogens (tertiary/aromatic N) is 3. The number of carbonyl (C=O) groups is 1. The fraction of sp³-hybridized carbons (Fsp3) is 0.545. The van der Waals surface area contributed by atoms with E-state index in [1.165, 1.54) is 31.5 Å². The Bertz CT molecular complexity index is 837. The molecule has 0 spiro atoms. The molecule has 0 atom stereocenters. The maximum atomic E-state index is 12.5. The number of aromatic nitrogens is 2. The zero-order chi connectivity index (χ0) is 19.5. The number of rotatable bonds is 6. The predicted molar refractivity (Wildman–Crippen MR) is 109 cm³/mol. The average molecular weight is 383 g/mol. The second-order valence-electron chi connectivity index (χ2n) is 8.19. The molecule has 2 aliphatic heterocycles. The number of hydrogen-bond donors (Lipinski definition) is 1. The molecule has 0 saturated carbocycles. The number of benzene rings is 1. The van der Waals surface area contributed by atoms with Gasteiger partial charge in [-0.25, -0.2) is 0 Å². The zero-order valence-corrected chi connectivity index (χ0v) is 16.9. The third-order valence-electron chi connectivity index (χ3n) is 5.83. The number of ether oxygens (including phenoxy) is 1. The van der Waals surface area contributed by atoms with Gasteiger partial charge >= 0.3 is 0 Å². The molecule has 0 bridgehead atoms. The van der Waals surface area contributed by atoms with Crippen molar-refractivity contribution in [2.45, 2.75) is 46.3 Å². The van der Waals surface area contributed by atoms with Crippen LogP contribution in [0.5, 0.6) is 5.75 Å². The Kier molecular flexibility index (Phi) is 5.67. The summed E-state index contributed by atoms with van der Waals surface area (Å²) >= 11 is 0. The first-order chi connectivity index (χ1) is 13.6. The van der Waals surface area contributed by atoms with Gasteiger partial charge in [-0.2, -0.15) is 5.10 Å². The first kappa shape index (κ1) is 19.0. The number of aryl methyl sites for hydroxylation is 1. The van der Waals surface area contributed by atoms with Gasteiger partial charge < -0.3 is 15.0 Å². The topological polar surface area (TPSA) is 59.4 Å². The lowest BCUT2D eigenvalue weighted by Gasteiger charge is -2.30. The summed E-state index contributed by atoms with van der Waals surface area (Å²) in [7, 11) is 0. The summed E-state index contributed by atoms with van der Waals surface area (Å²) < 4.78 is 7.61. The monoisotopic (exact) mass is 382 g/mol. The van der Waals surface area contributed by atoms with E-state index >= 15 is 0 Å². The lowest BCUT2D eigenvalue weighted by Crippen LogP contribution is -2.36. The van der Waals surface area contributed by atoms with E-state index in [4.69, 9.17) is 4.74 Å². The van der Waals surface area contributed by atoms with Crippen molar-refractivity contribution in [1.29, 1.82) is 0 Å². The molecule has 2 aliphatic rings. The SMILES string of the molecule is Cc1ccc2c(c1)-c1c(cnn1CC(=O)NCCCN1CCC(C)CC1)CO2. The molecule has 150 valence electrons. The molecule has 1 fully saturated rings. The number of amides is 1. The number of piperidine rings is 1. The lowest BCUT2D eigenvalue weighted by atomic mass is 9.99. The summed E-state index contributed by atoms with van der Waals surface area (Å²) in [5, 5.41) is 7.50. The molecule has 1 aromatic heterocycles. The standard InChI is InChI=1S/C22H30N4O2/c1-16-6-10-25(11-7-16)9-3-8-23-21(27)14-26-22-18(13-24-26)15-28-20-5-4-17(2)12-19(20)22/h4-5,12-13,16H,3,6-11,14-15H2,1-2H3,(H,23,27). The van der Waals surface area contributed by atoms with Crippen molar-refractivity contribution in [1.82, 2.24) is 20.0 Å². The van der Waals surface area contributed by atoms with Crippen LogP contribution in [0.2, 0.25) is 0 Å². The maximum Gasteiger partial charge on any atom is 0.241 e. The Hall–Kier alpha value is -2.34. The van der Waals surface area contributed by atoms with Crippen LogP contribution in [0.4, 0.5) is 0 Å². The molecule has 1 aromatic carbocycles. The van der Waals surface area contributed by atoms with E-state index in [2.05, 4.69) is 35.2 Å². The smallest absolute Gasteiger partial charge is 0.241 e. The highest BCUT2D eigenvalue weighted by Gasteiger charge is 2.23. The minimum atomic E-state index is 0.0128. The number of fused-ring (bicyclic) bond motifs is 3. The second-order valence-corrected chi connectivity index (χ2v) is 8.19. The highest BCUT2D eigenvalue weighted by Crippen LogP contribution is 2.37. The Morgan fingerprint density at radius 2 is 2.14 bits per heavy atom. The average Bonchev–Trinajstić information content (AvgIpc) is 3.10. The summed E-state index contributed by atoms with van der Waals surface area (Å²) in [6.07, 6.45) is 5.39. The molecule has 3 heterocycles. The summed E-state index contributed by atoms with van der Waals surface area (Å²) in [6.45, 7) is 9.29. The quantitative estimate of drug-likeness (QED) is 0.781. The van der Waals surface area contributed by atoms with Crippen LogP contribution in [0.3, 0.4) is 0 Å². The van der Waals surface area contributed by atoms with Crippen molar-refractivity contribution in [2.24, 2.45) is 5.92 Å². The number of nitrogens with one attached hydrogen (secondary N) is 1. The lowest BCUT2D eigenvalue weighted by molar-refractivity contribution is -0.121. The van der Waals surface area contributed by atoms with E-state index in [0.29, 0.717) is 13.2 Å². The van der Waals surface area contributed by atoms with Gasteiger partial charge in [-0.1, -0.05) is 18.6 Å². The molecule has 6 heteroatoms. The highest BCUT2D eigenvalue weighted by atomic mass is 16.5. The number of carbonyl (C=O) groups excluding carboxylic acids is 1. The summed E-state index contributed by atoms with van der Waals surface area (Å²) in [6, 6.07) is 6.13. The molecular formula is C22H30N4O2. The van der Waals surface area contributed by atoms with Crippen molar-refractivity contribution in [3.05, 3.63) is 35.5 Å². The third kappa shape index (κ3) is 4.22. The molecule has 1 N–H and O–H groups in total. The van der Waals surface area contributed by atoms with E-state index in [9.17, 15) is 4.79 Å². The van der Waals surface area contributed by atoms with Crippen molar-refractivity contribution in [3.63, 3.8) is 0 Å². The van der Waals surface area contributed by atoms with Crippen LogP contribution in [-0.4, -0.2) is 46.8 Å². The zero-order valence-electron chi connectivity index (χ0n) is 16.9. The molecule has 0 unspecified atom stereocenters. The van der Waals surface area contributed by atoms with Gasteiger partial charge in [0.25, 0.3) is 0 Å². The molecule has 1 amide bonds. The third-order valence-corrected chi connectivity index (χ3v) is 5.83. The molecule has 2 aromatic rings. The molecule has 1 saturated heterocycles. The van der Waals surface area contributed by atoms with Gasteiger partial charge in [-0.05, 0) is 63.9 Å². The molecule has 0 aliphatic carbocycles. The first-order valence-electron chi connectivity index (χ1n) is 10.4. The molecule has 28 heavy (non-hydrogen) atoms. The summed E-state index contributed by atoms with van der Waals surface area (Å²) in [4.78, 5) is 15.0. The van der Waals surface area contributed by atoms with Gasteiger partial charge in [0.2, 0.25) is 5.91 Å². The molecule has 4 rings (SSSR count). The summed E-state index contributed by atoms with van der Waals surface area (Å²) in [5.41, 5.74) is 4.22. The summed E-state index contributed by atoms with van der Waals surface area (Å²) in [5.74, 6) is 1.73. The second kappa shape index (κ2) is 8.35. The fourth-order valence-electron chi connectivity index (χ4n) is 4.08. The minimum absolute atomic E-state index is 0.0128. The van der Waals surface area contributed by atoms with Gasteiger partial charge in [0.05, 0.1) is 11.9 Å². The van der Waals surface area contributed by atoms with Crippen LogP contribution < -0.4 is 10.1 Å². The van der Waals surface area contributed by atoms with Gasteiger partial charge in [-0.3, -0.25) is 9.48 Å². The Labute approximate surface area is 166 Å². The maximum absolute atomic E-state index is 12.5. The van der Waals surface area contributed by atoms with Crippen LogP contribution >= 0.6 is 0 Å². The fourth-order valence-corrected chi connectivity index (χ4v) is 4.08. The largest absolute Gasteiger partial charge is 0.488 e. The van der Waals surface area contributed by atoms with Crippen LogP contribution in [-0.2, 0) is 17.9 Å².